The molecule has 7 nitrogen and oxygen atoms in total. The Kier molecular flexibility index (Phi) is 4.65. The zero-order valence-corrected chi connectivity index (χ0v) is 14.0. The van der Waals surface area contributed by atoms with Crippen LogP contribution in [0.1, 0.15) is 24.1 Å². The lowest BCUT2D eigenvalue weighted by molar-refractivity contribution is -0.144. The highest BCUT2D eigenvalue weighted by molar-refractivity contribution is 5.92. The molecule has 7 heteroatoms. The van der Waals surface area contributed by atoms with Gasteiger partial charge in [-0.3, -0.25) is 19.6 Å². The van der Waals surface area contributed by atoms with Crippen molar-refractivity contribution in [3.05, 3.63) is 54.1 Å². The molecule has 0 aliphatic carbocycles. The summed E-state index contributed by atoms with van der Waals surface area (Å²) in [6.45, 7) is 0.467. The maximum atomic E-state index is 12.9. The number of nitrogens with two attached hydrogens (primary N) is 1. The largest absolute Gasteiger partial charge is 0.497 e. The van der Waals surface area contributed by atoms with Crippen LogP contribution in [0.3, 0.4) is 0 Å². The van der Waals surface area contributed by atoms with Crippen molar-refractivity contribution in [3.63, 3.8) is 0 Å². The topological polar surface area (TPSA) is 98.4 Å². The molecule has 0 saturated carbocycles. The van der Waals surface area contributed by atoms with E-state index in [1.807, 2.05) is 12.1 Å². The molecule has 2 N–H and O–H groups in total. The molecule has 1 aromatic carbocycles. The van der Waals surface area contributed by atoms with Crippen molar-refractivity contribution in [3.8, 4) is 5.75 Å². The Bertz CT molecular complexity index is 764. The lowest BCUT2D eigenvalue weighted by atomic mass is 9.90. The van der Waals surface area contributed by atoms with Crippen molar-refractivity contribution in [1.82, 2.24) is 14.9 Å². The van der Waals surface area contributed by atoms with Crippen LogP contribution in [0.4, 0.5) is 0 Å². The number of aromatic nitrogens is 2. The fraction of sp³-hybridized carbons (Fsp3) is 0.333. The Hall–Kier alpha value is -2.96. The smallest absolute Gasteiger partial charge is 0.249 e. The number of amides is 2. The van der Waals surface area contributed by atoms with Gasteiger partial charge in [0.1, 0.15) is 5.75 Å². The van der Waals surface area contributed by atoms with Crippen molar-refractivity contribution in [2.24, 2.45) is 5.73 Å². The van der Waals surface area contributed by atoms with E-state index in [9.17, 15) is 9.59 Å². The quantitative estimate of drug-likeness (QED) is 0.876. The molecule has 0 radical (unpaired) electrons. The Morgan fingerprint density at radius 1 is 1.28 bits per heavy atom. The summed E-state index contributed by atoms with van der Waals surface area (Å²) < 4.78 is 5.12. The molecular formula is C18H20N4O3. The first-order valence-corrected chi connectivity index (χ1v) is 8.07. The number of likely N-dealkylation sites (tertiary alicyclic amines) is 1. The molecule has 1 fully saturated rings. The Labute approximate surface area is 145 Å². The third kappa shape index (κ3) is 3.05. The molecular weight excluding hydrogens is 320 g/mol. The molecule has 1 atom stereocenters. The van der Waals surface area contributed by atoms with Crippen LogP contribution >= 0.6 is 0 Å². The first-order chi connectivity index (χ1) is 12.1. The van der Waals surface area contributed by atoms with Crippen molar-refractivity contribution < 1.29 is 14.3 Å². The lowest BCUT2D eigenvalue weighted by Crippen LogP contribution is -2.54. The second-order valence-electron chi connectivity index (χ2n) is 5.99. The molecule has 1 aromatic heterocycles. The molecule has 130 valence electrons. The minimum atomic E-state index is -1.22. The molecule has 1 aliphatic heterocycles. The first-order valence-electron chi connectivity index (χ1n) is 8.07. The van der Waals surface area contributed by atoms with Crippen LogP contribution in [0.15, 0.2) is 42.9 Å². The molecule has 1 aliphatic rings. The van der Waals surface area contributed by atoms with Gasteiger partial charge in [-0.1, -0.05) is 12.1 Å². The molecule has 2 aromatic rings. The van der Waals surface area contributed by atoms with E-state index < -0.39 is 11.4 Å². The number of methoxy groups -OCH3 is 1. The number of ether oxygens (including phenoxy) is 1. The van der Waals surface area contributed by atoms with Gasteiger partial charge in [-0.25, -0.2) is 0 Å². The van der Waals surface area contributed by atoms with E-state index in [-0.39, 0.29) is 12.3 Å². The average Bonchev–Trinajstić information content (AvgIpc) is 3.09. The Morgan fingerprint density at radius 2 is 2.04 bits per heavy atom. The van der Waals surface area contributed by atoms with E-state index in [0.29, 0.717) is 25.1 Å². The Morgan fingerprint density at radius 3 is 2.64 bits per heavy atom. The minimum absolute atomic E-state index is 0.160. The standard InChI is InChI=1S/C18H20N4O3/c1-25-14-5-3-13(4-6-14)11-16(23)22-10-2-7-18(22,17(19)24)15-12-20-8-9-21-15/h3-6,8-9,12H,2,7,10-11H2,1H3,(H2,19,24)/t18-/m0/s1. The maximum Gasteiger partial charge on any atom is 0.249 e. The number of carbonyl (C=O) groups excluding carboxylic acids is 2. The van der Waals surface area contributed by atoms with E-state index in [1.165, 1.54) is 18.6 Å². The van der Waals surface area contributed by atoms with Gasteiger partial charge in [0.2, 0.25) is 11.8 Å². The van der Waals surface area contributed by atoms with Crippen molar-refractivity contribution in [1.29, 1.82) is 0 Å². The molecule has 1 saturated heterocycles. The average molecular weight is 340 g/mol. The number of hydrogen-bond donors (Lipinski definition) is 1. The number of carbonyl (C=O) groups is 2. The van der Waals surface area contributed by atoms with Crippen molar-refractivity contribution in [2.75, 3.05) is 13.7 Å². The van der Waals surface area contributed by atoms with Gasteiger partial charge >= 0.3 is 0 Å². The van der Waals surface area contributed by atoms with Crippen LogP contribution in [0.2, 0.25) is 0 Å². The Balaban J connectivity index is 1.88. The second-order valence-corrected chi connectivity index (χ2v) is 5.99. The number of primary amides is 1. The van der Waals surface area contributed by atoms with E-state index in [2.05, 4.69) is 9.97 Å². The van der Waals surface area contributed by atoms with Gasteiger partial charge in [0.05, 0.1) is 25.4 Å². The number of rotatable bonds is 5. The zero-order valence-electron chi connectivity index (χ0n) is 14.0. The van der Waals surface area contributed by atoms with Crippen LogP contribution in [0.25, 0.3) is 0 Å². The molecule has 0 unspecified atom stereocenters. The van der Waals surface area contributed by atoms with Gasteiger partial charge in [0.25, 0.3) is 0 Å². The highest BCUT2D eigenvalue weighted by Crippen LogP contribution is 2.38. The van der Waals surface area contributed by atoms with Gasteiger partial charge in [-0.15, -0.1) is 0 Å². The summed E-state index contributed by atoms with van der Waals surface area (Å²) in [6, 6.07) is 7.27. The lowest BCUT2D eigenvalue weighted by Gasteiger charge is -2.35. The fourth-order valence-corrected chi connectivity index (χ4v) is 3.33. The van der Waals surface area contributed by atoms with E-state index in [4.69, 9.17) is 10.5 Å². The second kappa shape index (κ2) is 6.88. The van der Waals surface area contributed by atoms with E-state index in [1.54, 1.807) is 24.1 Å². The SMILES string of the molecule is COc1ccc(CC(=O)N2CCC[C@@]2(C(N)=O)c2cnccn2)cc1. The molecule has 0 spiro atoms. The summed E-state index contributed by atoms with van der Waals surface area (Å²) in [5, 5.41) is 0. The highest BCUT2D eigenvalue weighted by atomic mass is 16.5. The number of nitrogens with zero attached hydrogens (tertiary/aromatic N) is 3. The molecule has 2 heterocycles. The van der Waals surface area contributed by atoms with Crippen LogP contribution in [-0.2, 0) is 21.5 Å². The highest BCUT2D eigenvalue weighted by Gasteiger charge is 2.51. The number of benzene rings is 1. The van der Waals surface area contributed by atoms with Crippen LogP contribution in [-0.4, -0.2) is 40.3 Å². The van der Waals surface area contributed by atoms with Crippen LogP contribution in [0.5, 0.6) is 5.75 Å². The monoisotopic (exact) mass is 340 g/mol. The third-order valence-corrected chi connectivity index (χ3v) is 4.59. The van der Waals surface area contributed by atoms with Gasteiger partial charge in [-0.2, -0.15) is 0 Å². The normalized spacial score (nSPS) is 19.6. The van der Waals surface area contributed by atoms with Crippen molar-refractivity contribution in [2.45, 2.75) is 24.8 Å². The van der Waals surface area contributed by atoms with Crippen LogP contribution in [0, 0.1) is 0 Å². The third-order valence-electron chi connectivity index (χ3n) is 4.59. The zero-order chi connectivity index (χ0) is 17.9. The molecule has 3 rings (SSSR count). The minimum Gasteiger partial charge on any atom is -0.497 e. The summed E-state index contributed by atoms with van der Waals surface area (Å²) in [4.78, 5) is 35.0. The van der Waals surface area contributed by atoms with Crippen molar-refractivity contribution >= 4 is 11.8 Å². The van der Waals surface area contributed by atoms with Gasteiger partial charge in [0, 0.05) is 18.9 Å². The first kappa shape index (κ1) is 16.9. The van der Waals surface area contributed by atoms with E-state index in [0.717, 1.165) is 11.3 Å². The summed E-state index contributed by atoms with van der Waals surface area (Å²) in [6.07, 6.45) is 5.85. The summed E-state index contributed by atoms with van der Waals surface area (Å²) in [7, 11) is 1.59. The molecule has 0 bridgehead atoms. The molecule has 2 amide bonds. The predicted molar refractivity (Wildman–Crippen MR) is 90.5 cm³/mol. The van der Waals surface area contributed by atoms with E-state index >= 15 is 0 Å². The van der Waals surface area contributed by atoms with Gasteiger partial charge in [0.15, 0.2) is 5.54 Å². The van der Waals surface area contributed by atoms with Gasteiger partial charge < -0.3 is 15.4 Å². The fourth-order valence-electron chi connectivity index (χ4n) is 3.33. The maximum absolute atomic E-state index is 12.9. The van der Waals surface area contributed by atoms with Crippen LogP contribution < -0.4 is 10.5 Å². The predicted octanol–water partition coefficient (Wildman–Crippen LogP) is 1.03. The molecule has 25 heavy (non-hydrogen) atoms. The summed E-state index contributed by atoms with van der Waals surface area (Å²) in [5.41, 5.74) is 5.75. The number of hydrogen-bond acceptors (Lipinski definition) is 5. The summed E-state index contributed by atoms with van der Waals surface area (Å²) in [5.74, 6) is -0.0101. The summed E-state index contributed by atoms with van der Waals surface area (Å²) >= 11 is 0. The van der Waals surface area contributed by atoms with Gasteiger partial charge in [-0.05, 0) is 30.5 Å².